The summed E-state index contributed by atoms with van der Waals surface area (Å²) in [6.45, 7) is 0. The van der Waals surface area contributed by atoms with Crippen molar-refractivity contribution in [3.05, 3.63) is 70.4 Å². The summed E-state index contributed by atoms with van der Waals surface area (Å²) in [5.74, 6) is -0.935. The van der Waals surface area contributed by atoms with Crippen LogP contribution in [0, 0.1) is 0 Å². The molecule has 0 spiro atoms. The fraction of sp³-hybridized carbons (Fsp3) is 0. The Bertz CT molecular complexity index is 1210. The van der Waals surface area contributed by atoms with Gasteiger partial charge < -0.3 is 20.4 Å². The van der Waals surface area contributed by atoms with Crippen molar-refractivity contribution in [3.63, 3.8) is 0 Å². The predicted octanol–water partition coefficient (Wildman–Crippen LogP) is 3.55. The summed E-state index contributed by atoms with van der Waals surface area (Å²) in [5, 5.41) is 20.0. The molecule has 2 aromatic rings. The van der Waals surface area contributed by atoms with Gasteiger partial charge in [0.25, 0.3) is 0 Å². The third kappa shape index (κ3) is 2.36. The van der Waals surface area contributed by atoms with Gasteiger partial charge >= 0.3 is 5.97 Å². The summed E-state index contributed by atoms with van der Waals surface area (Å²) in [7, 11) is 0. The lowest BCUT2D eigenvalue weighted by molar-refractivity contribution is 0.0697. The van der Waals surface area contributed by atoms with Crippen molar-refractivity contribution in [1.29, 1.82) is 0 Å². The Morgan fingerprint density at radius 1 is 1.00 bits per heavy atom. The van der Waals surface area contributed by atoms with Crippen molar-refractivity contribution in [2.45, 2.75) is 0 Å². The molecule has 2 aromatic carbocycles. The maximum Gasteiger partial charge on any atom is 0.336 e. The molecule has 0 saturated heterocycles. The van der Waals surface area contributed by atoms with Crippen LogP contribution in [0.3, 0.4) is 0 Å². The Balaban J connectivity index is 2.24. The Kier molecular flexibility index (Phi) is 3.40. The van der Waals surface area contributed by atoms with Gasteiger partial charge in [0.1, 0.15) is 17.1 Å². The monoisotopic (exact) mass is 347 g/mol. The molecule has 4 rings (SSSR count). The number of aromatic carboxylic acids is 1. The van der Waals surface area contributed by atoms with Crippen LogP contribution >= 0.6 is 0 Å². The summed E-state index contributed by atoms with van der Waals surface area (Å²) in [6.07, 6.45) is 0. The van der Waals surface area contributed by atoms with Crippen molar-refractivity contribution < 1.29 is 19.4 Å². The molecule has 128 valence electrons. The van der Waals surface area contributed by atoms with Crippen LogP contribution in [0.2, 0.25) is 0 Å². The normalized spacial score (nSPS) is 11.1. The summed E-state index contributed by atoms with van der Waals surface area (Å²) in [4.78, 5) is 23.4. The predicted molar refractivity (Wildman–Crippen MR) is 97.6 cm³/mol. The third-order valence-corrected chi connectivity index (χ3v) is 4.27. The highest BCUT2D eigenvalue weighted by molar-refractivity contribution is 6.08. The highest BCUT2D eigenvalue weighted by Gasteiger charge is 2.22. The second kappa shape index (κ2) is 5.63. The number of benzene rings is 3. The van der Waals surface area contributed by atoms with Crippen LogP contribution in [0.25, 0.3) is 33.4 Å². The number of nitrogen functional groups attached to an aromatic ring is 1. The fourth-order valence-electron chi connectivity index (χ4n) is 3.10. The molecule has 0 unspecified atom stereocenters. The van der Waals surface area contributed by atoms with E-state index in [9.17, 15) is 19.8 Å². The molecule has 0 bridgehead atoms. The maximum atomic E-state index is 11.7. The van der Waals surface area contributed by atoms with E-state index < -0.39 is 5.97 Å². The van der Waals surface area contributed by atoms with Gasteiger partial charge in [-0.05, 0) is 29.8 Å². The average Bonchev–Trinajstić information content (AvgIpc) is 2.61. The zero-order valence-corrected chi connectivity index (χ0v) is 13.4. The number of hydrogen-bond acceptors (Lipinski definition) is 5. The van der Waals surface area contributed by atoms with Crippen molar-refractivity contribution in [2.24, 2.45) is 0 Å². The quantitative estimate of drug-likeness (QED) is 0.290. The first-order valence-electron chi connectivity index (χ1n) is 7.77. The summed E-state index contributed by atoms with van der Waals surface area (Å²) >= 11 is 0. The lowest BCUT2D eigenvalue weighted by Crippen LogP contribution is -2.03. The molecule has 1 aliphatic heterocycles. The lowest BCUT2D eigenvalue weighted by Gasteiger charge is -2.17. The van der Waals surface area contributed by atoms with E-state index in [0.717, 1.165) is 0 Å². The molecule has 0 saturated carbocycles. The molecule has 26 heavy (non-hydrogen) atoms. The summed E-state index contributed by atoms with van der Waals surface area (Å²) in [6, 6.07) is 13.8. The van der Waals surface area contributed by atoms with Crippen LogP contribution in [0.1, 0.15) is 10.4 Å². The first-order chi connectivity index (χ1) is 12.5. The molecule has 6 nitrogen and oxygen atoms in total. The van der Waals surface area contributed by atoms with Crippen molar-refractivity contribution >= 4 is 22.6 Å². The zero-order valence-electron chi connectivity index (χ0n) is 13.4. The number of phenolic OH excluding ortho intramolecular Hbond substituents is 1. The van der Waals surface area contributed by atoms with Gasteiger partial charge in [0, 0.05) is 28.6 Å². The maximum absolute atomic E-state index is 11.7. The Labute approximate surface area is 147 Å². The number of carboxylic acid groups (broad SMARTS) is 1. The minimum Gasteiger partial charge on any atom is -0.506 e. The number of carbonyl (C=O) groups is 1. The Morgan fingerprint density at radius 2 is 1.77 bits per heavy atom. The summed E-state index contributed by atoms with van der Waals surface area (Å²) in [5.41, 5.74) is 7.77. The van der Waals surface area contributed by atoms with Crippen molar-refractivity contribution in [2.75, 3.05) is 5.73 Å². The zero-order chi connectivity index (χ0) is 18.4. The van der Waals surface area contributed by atoms with Crippen LogP contribution in [0.15, 0.2) is 63.8 Å². The average molecular weight is 347 g/mol. The van der Waals surface area contributed by atoms with E-state index in [-0.39, 0.29) is 22.4 Å². The molecule has 1 aliphatic carbocycles. The van der Waals surface area contributed by atoms with Crippen LogP contribution in [-0.4, -0.2) is 16.2 Å². The minimum atomic E-state index is -1.07. The van der Waals surface area contributed by atoms with Gasteiger partial charge in [-0.1, -0.05) is 18.2 Å². The molecule has 0 aromatic heterocycles. The van der Waals surface area contributed by atoms with E-state index in [1.807, 2.05) is 0 Å². The molecule has 1 heterocycles. The van der Waals surface area contributed by atoms with Crippen LogP contribution < -0.4 is 11.2 Å². The number of phenols is 1. The second-order valence-electron chi connectivity index (χ2n) is 5.89. The Hall–Kier alpha value is -3.80. The molecule has 0 fully saturated rings. The molecule has 4 N–H and O–H groups in total. The van der Waals surface area contributed by atoms with Gasteiger partial charge in [-0.3, -0.25) is 4.79 Å². The molecule has 0 atom stereocenters. The lowest BCUT2D eigenvalue weighted by atomic mass is 9.90. The SMILES string of the molecule is Nc1cc2c(-c3ccccc3C(=O)O)c3ccc(=O)cc-3oc2cc1O. The first-order valence-corrected chi connectivity index (χ1v) is 7.77. The van der Waals surface area contributed by atoms with Gasteiger partial charge in [-0.15, -0.1) is 0 Å². The number of fused-ring (bicyclic) bond motifs is 2. The highest BCUT2D eigenvalue weighted by Crippen LogP contribution is 2.43. The van der Waals surface area contributed by atoms with Gasteiger partial charge in [-0.2, -0.15) is 0 Å². The van der Waals surface area contributed by atoms with Gasteiger partial charge in [0.15, 0.2) is 5.43 Å². The number of hydrogen-bond donors (Lipinski definition) is 3. The van der Waals surface area contributed by atoms with Gasteiger partial charge in [0.05, 0.1) is 11.3 Å². The van der Waals surface area contributed by atoms with Gasteiger partial charge in [0.2, 0.25) is 0 Å². The third-order valence-electron chi connectivity index (χ3n) is 4.27. The highest BCUT2D eigenvalue weighted by atomic mass is 16.4. The van der Waals surface area contributed by atoms with Crippen LogP contribution in [0.5, 0.6) is 5.75 Å². The number of anilines is 1. The van der Waals surface area contributed by atoms with Crippen molar-refractivity contribution in [1.82, 2.24) is 0 Å². The topological polar surface area (TPSA) is 114 Å². The summed E-state index contributed by atoms with van der Waals surface area (Å²) < 4.78 is 5.76. The molecular formula is C20H13NO5. The molecular weight excluding hydrogens is 334 g/mol. The van der Waals surface area contributed by atoms with Crippen LogP contribution in [0.4, 0.5) is 5.69 Å². The first kappa shape index (κ1) is 15.7. The van der Waals surface area contributed by atoms with E-state index in [1.165, 1.54) is 30.3 Å². The largest absolute Gasteiger partial charge is 0.506 e. The number of rotatable bonds is 2. The molecule has 2 aliphatic rings. The number of carboxylic acids is 1. The van der Waals surface area contributed by atoms with Crippen molar-refractivity contribution in [3.8, 4) is 28.2 Å². The smallest absolute Gasteiger partial charge is 0.336 e. The van der Waals surface area contributed by atoms with E-state index in [4.69, 9.17) is 10.2 Å². The van der Waals surface area contributed by atoms with E-state index in [2.05, 4.69) is 0 Å². The standard InChI is InChI=1S/C20H13NO5/c21-15-8-14-18(9-16(15)23)26-17-7-10(22)5-6-13(17)19(14)11-3-1-2-4-12(11)20(24)25/h1-9,23H,21H2,(H,24,25). The second-order valence-corrected chi connectivity index (χ2v) is 5.89. The van der Waals surface area contributed by atoms with E-state index >= 15 is 0 Å². The van der Waals surface area contributed by atoms with E-state index in [0.29, 0.717) is 33.4 Å². The van der Waals surface area contributed by atoms with Crippen LogP contribution in [-0.2, 0) is 0 Å². The molecule has 0 amide bonds. The molecule has 6 heteroatoms. The minimum absolute atomic E-state index is 0.110. The Morgan fingerprint density at radius 3 is 2.54 bits per heavy atom. The molecule has 0 radical (unpaired) electrons. The number of nitrogens with two attached hydrogens (primary N) is 1. The van der Waals surface area contributed by atoms with E-state index in [1.54, 1.807) is 24.3 Å². The fourth-order valence-corrected chi connectivity index (χ4v) is 3.10. The number of aromatic hydroxyl groups is 1. The van der Waals surface area contributed by atoms with Gasteiger partial charge in [-0.25, -0.2) is 4.79 Å².